The minimum atomic E-state index is 0.0525. The molecule has 5 heterocycles. The zero-order valence-electron chi connectivity index (χ0n) is 17.9. The number of carbonyl (C=O) groups is 1. The molecule has 6 rings (SSSR count). The van der Waals surface area contributed by atoms with Crippen molar-refractivity contribution in [3.63, 3.8) is 0 Å². The minimum Gasteiger partial charge on any atom is -0.335 e. The first kappa shape index (κ1) is 19.5. The first-order chi connectivity index (χ1) is 16.1. The van der Waals surface area contributed by atoms with Gasteiger partial charge in [-0.1, -0.05) is 6.07 Å². The van der Waals surface area contributed by atoms with E-state index in [1.807, 2.05) is 30.5 Å². The molecule has 8 heteroatoms. The summed E-state index contributed by atoms with van der Waals surface area (Å²) in [6.07, 6.45) is 7.22. The van der Waals surface area contributed by atoms with Crippen molar-refractivity contribution in [2.24, 2.45) is 0 Å². The largest absolute Gasteiger partial charge is 0.335 e. The molecule has 7 nitrogen and oxygen atoms in total. The van der Waals surface area contributed by atoms with E-state index in [-0.39, 0.29) is 5.78 Å². The van der Waals surface area contributed by atoms with Crippen LogP contribution in [-0.4, -0.2) is 35.9 Å². The molecular formula is C25H18N6OS. The highest BCUT2D eigenvalue weighted by atomic mass is 32.1. The van der Waals surface area contributed by atoms with E-state index in [1.54, 1.807) is 25.5 Å². The van der Waals surface area contributed by atoms with Crippen LogP contribution in [-0.2, 0) is 0 Å². The van der Waals surface area contributed by atoms with Gasteiger partial charge in [0.2, 0.25) is 0 Å². The monoisotopic (exact) mass is 450 g/mol. The average molecular weight is 451 g/mol. The van der Waals surface area contributed by atoms with Crippen molar-refractivity contribution in [2.75, 3.05) is 0 Å². The second-order valence-corrected chi connectivity index (χ2v) is 9.00. The maximum Gasteiger partial charge on any atom is 0.169 e. The van der Waals surface area contributed by atoms with Crippen LogP contribution >= 0.6 is 11.3 Å². The van der Waals surface area contributed by atoms with Crippen molar-refractivity contribution >= 4 is 39.1 Å². The van der Waals surface area contributed by atoms with Crippen molar-refractivity contribution in [1.82, 2.24) is 30.1 Å². The van der Waals surface area contributed by atoms with Crippen molar-refractivity contribution in [1.29, 1.82) is 0 Å². The maximum absolute atomic E-state index is 11.7. The number of hydrogen-bond acceptors (Lipinski definition) is 6. The zero-order valence-corrected chi connectivity index (χ0v) is 18.7. The van der Waals surface area contributed by atoms with Crippen LogP contribution in [0.1, 0.15) is 22.2 Å². The highest BCUT2D eigenvalue weighted by Crippen LogP contribution is 2.35. The summed E-state index contributed by atoms with van der Waals surface area (Å²) in [5, 5.41) is 8.63. The number of nitrogens with zero attached hydrogens (tertiary/aromatic N) is 4. The lowest BCUT2D eigenvalue weighted by atomic mass is 10.0. The molecule has 0 spiro atoms. The number of H-pyrrole nitrogens is 2. The molecule has 0 saturated carbocycles. The Morgan fingerprint density at radius 3 is 2.67 bits per heavy atom. The molecule has 5 aromatic heterocycles. The SMILES string of the molecule is CC(=O)c1ccc(-c2cncc3[nH]c(-c4n[nH]c5ccc(-c6cnccc6C)cc45)nc23)s1. The molecule has 160 valence electrons. The Kier molecular flexibility index (Phi) is 4.41. The van der Waals surface area contributed by atoms with Gasteiger partial charge in [0.25, 0.3) is 0 Å². The van der Waals surface area contributed by atoms with Gasteiger partial charge in [-0.3, -0.25) is 19.9 Å². The summed E-state index contributed by atoms with van der Waals surface area (Å²) in [6.45, 7) is 3.65. The van der Waals surface area contributed by atoms with E-state index in [1.165, 1.54) is 11.3 Å². The number of aryl methyl sites for hydroxylation is 1. The average Bonchev–Trinajstić information content (AvgIpc) is 3.56. The Morgan fingerprint density at radius 1 is 0.970 bits per heavy atom. The van der Waals surface area contributed by atoms with Gasteiger partial charge in [-0.05, 0) is 55.3 Å². The van der Waals surface area contributed by atoms with Crippen LogP contribution < -0.4 is 0 Å². The normalized spacial score (nSPS) is 11.5. The van der Waals surface area contributed by atoms with Crippen LogP contribution in [0.15, 0.2) is 61.2 Å². The van der Waals surface area contributed by atoms with Crippen LogP contribution in [0.3, 0.4) is 0 Å². The molecule has 0 bridgehead atoms. The second kappa shape index (κ2) is 7.46. The minimum absolute atomic E-state index is 0.0525. The van der Waals surface area contributed by atoms with Crippen molar-refractivity contribution in [3.8, 4) is 33.1 Å². The van der Waals surface area contributed by atoms with E-state index in [9.17, 15) is 4.79 Å². The number of benzene rings is 1. The predicted molar refractivity (Wildman–Crippen MR) is 130 cm³/mol. The number of ketones is 1. The Labute approximate surface area is 192 Å². The van der Waals surface area contributed by atoms with Gasteiger partial charge in [0.1, 0.15) is 11.2 Å². The Bertz CT molecular complexity index is 1680. The lowest BCUT2D eigenvalue weighted by molar-refractivity contribution is 0.102. The van der Waals surface area contributed by atoms with Gasteiger partial charge in [0.15, 0.2) is 11.6 Å². The fraction of sp³-hybridized carbons (Fsp3) is 0.0800. The summed E-state index contributed by atoms with van der Waals surface area (Å²) in [4.78, 5) is 30.3. The number of pyridine rings is 2. The lowest BCUT2D eigenvalue weighted by Gasteiger charge is -2.05. The molecule has 2 N–H and O–H groups in total. The van der Waals surface area contributed by atoms with Gasteiger partial charge in [0.05, 0.1) is 22.1 Å². The molecule has 0 atom stereocenters. The van der Waals surface area contributed by atoms with Crippen molar-refractivity contribution in [2.45, 2.75) is 13.8 Å². The molecule has 0 unspecified atom stereocenters. The van der Waals surface area contributed by atoms with E-state index in [2.05, 4.69) is 44.2 Å². The van der Waals surface area contributed by atoms with Crippen LogP contribution in [0.25, 0.3) is 55.0 Å². The number of aromatic amines is 2. The van der Waals surface area contributed by atoms with E-state index in [0.29, 0.717) is 10.7 Å². The highest BCUT2D eigenvalue weighted by Gasteiger charge is 2.17. The fourth-order valence-electron chi connectivity index (χ4n) is 4.03. The molecule has 0 radical (unpaired) electrons. The van der Waals surface area contributed by atoms with E-state index in [0.717, 1.165) is 54.8 Å². The van der Waals surface area contributed by atoms with Crippen LogP contribution in [0.4, 0.5) is 0 Å². The quantitative estimate of drug-likeness (QED) is 0.331. The van der Waals surface area contributed by atoms with Gasteiger partial charge in [-0.2, -0.15) is 5.10 Å². The number of thiophene rings is 1. The predicted octanol–water partition coefficient (Wildman–Crippen LogP) is 5.80. The molecule has 0 aliphatic heterocycles. The van der Waals surface area contributed by atoms with Gasteiger partial charge >= 0.3 is 0 Å². The first-order valence-electron chi connectivity index (χ1n) is 10.4. The zero-order chi connectivity index (χ0) is 22.5. The number of Topliss-reactive ketones (excluding diaryl/α,β-unsaturated/α-hetero) is 1. The number of hydrogen-bond donors (Lipinski definition) is 2. The van der Waals surface area contributed by atoms with Gasteiger partial charge < -0.3 is 4.98 Å². The smallest absolute Gasteiger partial charge is 0.169 e. The third-order valence-electron chi connectivity index (χ3n) is 5.75. The second-order valence-electron chi connectivity index (χ2n) is 7.91. The standard InChI is InChI=1S/C25H18N6OS/c1-13-7-8-26-10-17(13)15-3-4-19-16(9-15)24(31-30-19)25-28-20-12-27-11-18(23(20)29-25)22-6-5-21(33-22)14(2)32/h3-12H,1-2H3,(H,28,29)(H,30,31). The number of carbonyl (C=O) groups excluding carboxylic acids is 1. The third kappa shape index (κ3) is 3.23. The Morgan fingerprint density at radius 2 is 1.85 bits per heavy atom. The van der Waals surface area contributed by atoms with Crippen LogP contribution in [0.5, 0.6) is 0 Å². The molecule has 33 heavy (non-hydrogen) atoms. The summed E-state index contributed by atoms with van der Waals surface area (Å²) >= 11 is 1.45. The topological polar surface area (TPSA) is 100 Å². The summed E-state index contributed by atoms with van der Waals surface area (Å²) < 4.78 is 0. The number of fused-ring (bicyclic) bond motifs is 2. The number of imidazole rings is 1. The van der Waals surface area contributed by atoms with E-state index in [4.69, 9.17) is 4.98 Å². The lowest BCUT2D eigenvalue weighted by Crippen LogP contribution is -1.85. The molecule has 0 aliphatic carbocycles. The molecule has 0 fully saturated rings. The summed E-state index contributed by atoms with van der Waals surface area (Å²) in [5.41, 5.74) is 7.49. The summed E-state index contributed by atoms with van der Waals surface area (Å²) in [5.74, 6) is 0.714. The Balaban J connectivity index is 1.49. The molecule has 0 aliphatic rings. The van der Waals surface area contributed by atoms with E-state index >= 15 is 0 Å². The summed E-state index contributed by atoms with van der Waals surface area (Å²) in [6, 6.07) is 12.0. The van der Waals surface area contributed by atoms with Crippen LogP contribution in [0, 0.1) is 6.92 Å². The van der Waals surface area contributed by atoms with Gasteiger partial charge in [-0.15, -0.1) is 11.3 Å². The Hall–Kier alpha value is -4.17. The number of rotatable bonds is 4. The van der Waals surface area contributed by atoms with Gasteiger partial charge in [0, 0.05) is 40.0 Å². The summed E-state index contributed by atoms with van der Waals surface area (Å²) in [7, 11) is 0. The van der Waals surface area contributed by atoms with Crippen LogP contribution in [0.2, 0.25) is 0 Å². The molecule has 0 amide bonds. The molecule has 0 saturated heterocycles. The number of aromatic nitrogens is 6. The van der Waals surface area contributed by atoms with Gasteiger partial charge in [-0.25, -0.2) is 4.98 Å². The third-order valence-corrected chi connectivity index (χ3v) is 6.97. The van der Waals surface area contributed by atoms with Crippen molar-refractivity contribution in [3.05, 3.63) is 71.6 Å². The maximum atomic E-state index is 11.7. The molecule has 6 aromatic rings. The fourth-order valence-corrected chi connectivity index (χ4v) is 4.94. The number of nitrogens with one attached hydrogen (secondary N) is 2. The first-order valence-corrected chi connectivity index (χ1v) is 11.2. The van der Waals surface area contributed by atoms with Crippen molar-refractivity contribution < 1.29 is 4.79 Å². The molecule has 1 aromatic carbocycles. The highest BCUT2D eigenvalue weighted by molar-refractivity contribution is 7.17. The van der Waals surface area contributed by atoms with E-state index < -0.39 is 0 Å². The molecular weight excluding hydrogens is 432 g/mol.